The number of para-hydroxylation sites is 1. The summed E-state index contributed by atoms with van der Waals surface area (Å²) in [6, 6.07) is 7.29. The molecular weight excluding hydrogens is 282 g/mol. The monoisotopic (exact) mass is 295 g/mol. The predicted molar refractivity (Wildman–Crippen MR) is 71.5 cm³/mol. The minimum Gasteiger partial charge on any atom is -0.368 e. The molecule has 1 heterocycles. The molecule has 0 aliphatic heterocycles. The van der Waals surface area contributed by atoms with E-state index in [9.17, 15) is 4.79 Å². The molecule has 5 heteroatoms. The molecule has 4 nitrogen and oxygen atoms in total. The topological polar surface area (TPSA) is 74.0 Å². The third-order valence-electron chi connectivity index (χ3n) is 2.90. The van der Waals surface area contributed by atoms with Crippen molar-refractivity contribution in [2.45, 2.75) is 19.5 Å². The molecule has 1 aromatic heterocycles. The third-order valence-corrected chi connectivity index (χ3v) is 3.90. The first kappa shape index (κ1) is 12.1. The van der Waals surface area contributed by atoms with Crippen molar-refractivity contribution in [2.24, 2.45) is 11.5 Å². The van der Waals surface area contributed by atoms with Crippen LogP contribution in [0.5, 0.6) is 0 Å². The molecule has 0 bridgehead atoms. The van der Waals surface area contributed by atoms with Gasteiger partial charge in [0.05, 0.1) is 0 Å². The highest BCUT2D eigenvalue weighted by Gasteiger charge is 2.16. The van der Waals surface area contributed by atoms with E-state index in [1.54, 1.807) is 0 Å². The van der Waals surface area contributed by atoms with Crippen LogP contribution in [0.25, 0.3) is 10.9 Å². The van der Waals surface area contributed by atoms with Crippen molar-refractivity contribution < 1.29 is 4.79 Å². The normalized spacial score (nSPS) is 12.9. The Hall–Kier alpha value is -1.33. The zero-order valence-electron chi connectivity index (χ0n) is 9.48. The second-order valence-corrected chi connectivity index (χ2v) is 4.83. The molecule has 1 amide bonds. The second-order valence-electron chi connectivity index (χ2n) is 4.04. The third kappa shape index (κ3) is 2.08. The summed E-state index contributed by atoms with van der Waals surface area (Å²) < 4.78 is 3.04. The van der Waals surface area contributed by atoms with Crippen LogP contribution in [0.2, 0.25) is 0 Å². The molecule has 1 atom stereocenters. The molecule has 0 saturated carbocycles. The molecule has 1 unspecified atom stereocenters. The largest absolute Gasteiger partial charge is 0.368 e. The lowest BCUT2D eigenvalue weighted by molar-refractivity contribution is -0.119. The van der Waals surface area contributed by atoms with Gasteiger partial charge in [0.25, 0.3) is 0 Å². The van der Waals surface area contributed by atoms with Crippen LogP contribution in [-0.4, -0.2) is 16.5 Å². The van der Waals surface area contributed by atoms with E-state index in [1.165, 1.54) is 0 Å². The number of aromatic nitrogens is 1. The van der Waals surface area contributed by atoms with Crippen LogP contribution < -0.4 is 11.5 Å². The highest BCUT2D eigenvalue weighted by molar-refractivity contribution is 9.10. The lowest BCUT2D eigenvalue weighted by Gasteiger charge is -2.12. The Labute approximate surface area is 108 Å². The molecule has 90 valence electrons. The Bertz CT molecular complexity index is 576. The van der Waals surface area contributed by atoms with E-state index >= 15 is 0 Å². The maximum absolute atomic E-state index is 11.0. The summed E-state index contributed by atoms with van der Waals surface area (Å²) in [5.74, 6) is -0.488. The van der Waals surface area contributed by atoms with Gasteiger partial charge in [-0.05, 0) is 28.9 Å². The number of benzene rings is 1. The fraction of sp³-hybridized carbons (Fsp3) is 0.250. The summed E-state index contributed by atoms with van der Waals surface area (Å²) in [6.07, 6.45) is 0. The number of nitrogens with two attached hydrogens (primary N) is 2. The van der Waals surface area contributed by atoms with Crippen molar-refractivity contribution in [1.29, 1.82) is 0 Å². The van der Waals surface area contributed by atoms with Crippen LogP contribution in [0, 0.1) is 6.92 Å². The molecule has 2 rings (SSSR count). The van der Waals surface area contributed by atoms with Crippen LogP contribution in [0.15, 0.2) is 28.7 Å². The average Bonchev–Trinajstić information content (AvgIpc) is 2.55. The average molecular weight is 296 g/mol. The van der Waals surface area contributed by atoms with Crippen LogP contribution in [0.3, 0.4) is 0 Å². The molecule has 17 heavy (non-hydrogen) atoms. The van der Waals surface area contributed by atoms with E-state index in [4.69, 9.17) is 11.5 Å². The summed E-state index contributed by atoms with van der Waals surface area (Å²) in [4.78, 5) is 11.0. The molecule has 0 aliphatic carbocycles. The van der Waals surface area contributed by atoms with Crippen LogP contribution >= 0.6 is 15.9 Å². The lowest BCUT2D eigenvalue weighted by Crippen LogP contribution is -2.40. The van der Waals surface area contributed by atoms with Crippen molar-refractivity contribution >= 4 is 32.7 Å². The van der Waals surface area contributed by atoms with Crippen LogP contribution in [0.1, 0.15) is 5.69 Å². The van der Waals surface area contributed by atoms with Gasteiger partial charge in [-0.2, -0.15) is 0 Å². The highest BCUT2D eigenvalue weighted by Crippen LogP contribution is 2.30. The Morgan fingerprint density at radius 1 is 1.47 bits per heavy atom. The van der Waals surface area contributed by atoms with Gasteiger partial charge in [0, 0.05) is 27.6 Å². The minimum atomic E-state index is -0.670. The molecule has 0 saturated heterocycles. The molecule has 2 aromatic rings. The Morgan fingerprint density at radius 3 is 2.76 bits per heavy atom. The van der Waals surface area contributed by atoms with E-state index in [0.717, 1.165) is 21.1 Å². The van der Waals surface area contributed by atoms with Crippen molar-refractivity contribution in [3.8, 4) is 0 Å². The van der Waals surface area contributed by atoms with Crippen molar-refractivity contribution in [1.82, 2.24) is 4.57 Å². The SMILES string of the molecule is Cc1c(Br)c2ccccc2n1CC(N)C(N)=O. The molecule has 4 N–H and O–H groups in total. The smallest absolute Gasteiger partial charge is 0.236 e. The maximum Gasteiger partial charge on any atom is 0.236 e. The number of rotatable bonds is 3. The van der Waals surface area contributed by atoms with E-state index < -0.39 is 11.9 Å². The first-order valence-electron chi connectivity index (χ1n) is 5.30. The number of primary amides is 1. The first-order chi connectivity index (χ1) is 8.02. The van der Waals surface area contributed by atoms with E-state index in [-0.39, 0.29) is 0 Å². The number of nitrogens with zero attached hydrogens (tertiary/aromatic N) is 1. The summed E-state index contributed by atoms with van der Waals surface area (Å²) in [7, 11) is 0. The summed E-state index contributed by atoms with van der Waals surface area (Å²) in [5.41, 5.74) is 13.0. The van der Waals surface area contributed by atoms with E-state index in [1.807, 2.05) is 35.8 Å². The minimum absolute atomic E-state index is 0.396. The number of amides is 1. The van der Waals surface area contributed by atoms with Gasteiger partial charge in [-0.3, -0.25) is 4.79 Å². The Morgan fingerprint density at radius 2 is 2.12 bits per heavy atom. The zero-order chi connectivity index (χ0) is 12.6. The lowest BCUT2D eigenvalue weighted by atomic mass is 10.2. The Kier molecular flexibility index (Phi) is 3.22. The van der Waals surface area contributed by atoms with Crippen LogP contribution in [0.4, 0.5) is 0 Å². The fourth-order valence-corrected chi connectivity index (χ4v) is 2.46. The summed E-state index contributed by atoms with van der Waals surface area (Å²) >= 11 is 3.55. The van der Waals surface area contributed by atoms with Crippen molar-refractivity contribution in [3.63, 3.8) is 0 Å². The number of carbonyl (C=O) groups is 1. The number of fused-ring (bicyclic) bond motifs is 1. The molecule has 0 aliphatic rings. The van der Waals surface area contributed by atoms with Crippen LogP contribution in [-0.2, 0) is 11.3 Å². The standard InChI is InChI=1S/C12H14BrN3O/c1-7-11(13)8-4-2-3-5-10(8)16(7)6-9(14)12(15)17/h2-5,9H,6,14H2,1H3,(H2,15,17). The van der Waals surface area contributed by atoms with Crippen molar-refractivity contribution in [2.75, 3.05) is 0 Å². The Balaban J connectivity index is 2.53. The van der Waals surface area contributed by atoms with Gasteiger partial charge in [0.1, 0.15) is 6.04 Å². The fourth-order valence-electron chi connectivity index (χ4n) is 1.91. The zero-order valence-corrected chi connectivity index (χ0v) is 11.1. The summed E-state index contributed by atoms with van der Waals surface area (Å²) in [5, 5.41) is 1.11. The highest BCUT2D eigenvalue weighted by atomic mass is 79.9. The van der Waals surface area contributed by atoms with Gasteiger partial charge in [-0.25, -0.2) is 0 Å². The quantitative estimate of drug-likeness (QED) is 0.901. The molecule has 0 spiro atoms. The van der Waals surface area contributed by atoms with Gasteiger partial charge in [0.15, 0.2) is 0 Å². The maximum atomic E-state index is 11.0. The molecule has 1 aromatic carbocycles. The number of hydrogen-bond donors (Lipinski definition) is 2. The number of halogens is 1. The van der Waals surface area contributed by atoms with Gasteiger partial charge < -0.3 is 16.0 Å². The van der Waals surface area contributed by atoms with Gasteiger partial charge in [0.2, 0.25) is 5.91 Å². The number of carbonyl (C=O) groups excluding carboxylic acids is 1. The van der Waals surface area contributed by atoms with E-state index in [2.05, 4.69) is 15.9 Å². The van der Waals surface area contributed by atoms with Gasteiger partial charge >= 0.3 is 0 Å². The van der Waals surface area contributed by atoms with E-state index in [0.29, 0.717) is 6.54 Å². The van der Waals surface area contributed by atoms with Gasteiger partial charge in [-0.15, -0.1) is 0 Å². The second kappa shape index (κ2) is 4.50. The first-order valence-corrected chi connectivity index (χ1v) is 6.10. The molecule has 0 fully saturated rings. The van der Waals surface area contributed by atoms with Gasteiger partial charge in [-0.1, -0.05) is 18.2 Å². The molecular formula is C12H14BrN3O. The summed E-state index contributed by atoms with van der Waals surface area (Å²) in [6.45, 7) is 2.38. The molecule has 0 radical (unpaired) electrons. The van der Waals surface area contributed by atoms with Crippen molar-refractivity contribution in [3.05, 3.63) is 34.4 Å². The predicted octanol–water partition coefficient (Wildman–Crippen LogP) is 1.52. The number of hydrogen-bond acceptors (Lipinski definition) is 2.